The van der Waals surface area contributed by atoms with E-state index < -0.39 is 0 Å². The molecule has 0 aromatic heterocycles. The van der Waals surface area contributed by atoms with Crippen molar-refractivity contribution in [3.63, 3.8) is 0 Å². The van der Waals surface area contributed by atoms with E-state index in [2.05, 4.69) is 5.32 Å². The quantitative estimate of drug-likeness (QED) is 0.909. The highest BCUT2D eigenvalue weighted by atomic mass is 35.5. The topological polar surface area (TPSA) is 49.4 Å². The second-order valence-electron chi connectivity index (χ2n) is 6.79. The Kier molecular flexibility index (Phi) is 5.12. The normalized spacial score (nSPS) is 16.5. The fourth-order valence-corrected chi connectivity index (χ4v) is 2.84. The van der Waals surface area contributed by atoms with E-state index in [1.54, 1.807) is 17.0 Å². The maximum absolute atomic E-state index is 12.5. The highest BCUT2D eigenvalue weighted by molar-refractivity contribution is 6.33. The summed E-state index contributed by atoms with van der Waals surface area (Å²) in [4.78, 5) is 26.4. The van der Waals surface area contributed by atoms with Crippen LogP contribution in [0.2, 0.25) is 5.02 Å². The van der Waals surface area contributed by atoms with Crippen LogP contribution in [-0.4, -0.2) is 35.3 Å². The molecule has 5 heteroatoms. The summed E-state index contributed by atoms with van der Waals surface area (Å²) in [6.45, 7) is 7.10. The number of carbonyl (C=O) groups excluding carboxylic acids is 2. The van der Waals surface area contributed by atoms with Gasteiger partial charge in [-0.25, -0.2) is 0 Å². The summed E-state index contributed by atoms with van der Waals surface area (Å²) in [5.41, 5.74) is 0.309. The van der Waals surface area contributed by atoms with Gasteiger partial charge in [0.1, 0.15) is 0 Å². The van der Waals surface area contributed by atoms with Crippen LogP contribution in [0.5, 0.6) is 0 Å². The number of benzene rings is 1. The number of piperidine rings is 1. The number of amides is 2. The number of nitrogens with one attached hydrogen (secondary N) is 1. The number of hydrogen-bond acceptors (Lipinski definition) is 2. The van der Waals surface area contributed by atoms with Crippen molar-refractivity contribution in [3.05, 3.63) is 34.9 Å². The van der Waals surface area contributed by atoms with Crippen LogP contribution in [0.4, 0.5) is 0 Å². The van der Waals surface area contributed by atoms with E-state index in [4.69, 9.17) is 11.6 Å². The monoisotopic (exact) mass is 322 g/mol. The van der Waals surface area contributed by atoms with Crippen LogP contribution in [0.1, 0.15) is 44.0 Å². The standard InChI is InChI=1S/C17H23ClN2O2/c1-17(2,3)19-15(21)12-8-10-20(11-9-12)16(22)13-6-4-5-7-14(13)18/h4-7,12H,8-11H2,1-3H3,(H,19,21). The van der Waals surface area contributed by atoms with E-state index in [0.29, 0.717) is 36.5 Å². The van der Waals surface area contributed by atoms with Gasteiger partial charge < -0.3 is 10.2 Å². The molecule has 1 aromatic carbocycles. The van der Waals surface area contributed by atoms with E-state index in [9.17, 15) is 9.59 Å². The predicted molar refractivity (Wildman–Crippen MR) is 88.0 cm³/mol. The Morgan fingerprint density at radius 1 is 1.18 bits per heavy atom. The lowest BCUT2D eigenvalue weighted by Gasteiger charge is -2.33. The van der Waals surface area contributed by atoms with Gasteiger partial charge in [-0.3, -0.25) is 9.59 Å². The average molecular weight is 323 g/mol. The summed E-state index contributed by atoms with van der Waals surface area (Å²) >= 11 is 6.08. The molecule has 4 nitrogen and oxygen atoms in total. The minimum atomic E-state index is -0.221. The zero-order chi connectivity index (χ0) is 16.3. The maximum atomic E-state index is 12.5. The van der Waals surface area contributed by atoms with Gasteiger partial charge in [-0.15, -0.1) is 0 Å². The molecular weight excluding hydrogens is 300 g/mol. The summed E-state index contributed by atoms with van der Waals surface area (Å²) in [7, 11) is 0. The van der Waals surface area contributed by atoms with E-state index in [1.165, 1.54) is 0 Å². The molecule has 120 valence electrons. The zero-order valence-corrected chi connectivity index (χ0v) is 14.1. The largest absolute Gasteiger partial charge is 0.351 e. The molecule has 1 fully saturated rings. The lowest BCUT2D eigenvalue weighted by Crippen LogP contribution is -2.47. The first-order chi connectivity index (χ1) is 10.3. The van der Waals surface area contributed by atoms with Gasteiger partial charge in [-0.2, -0.15) is 0 Å². The van der Waals surface area contributed by atoms with Gasteiger partial charge in [0.05, 0.1) is 10.6 Å². The average Bonchev–Trinajstić information content (AvgIpc) is 2.45. The van der Waals surface area contributed by atoms with Crippen molar-refractivity contribution in [2.24, 2.45) is 5.92 Å². The molecule has 22 heavy (non-hydrogen) atoms. The molecule has 0 atom stereocenters. The first-order valence-corrected chi connectivity index (χ1v) is 8.01. The number of rotatable bonds is 2. The lowest BCUT2D eigenvalue weighted by atomic mass is 9.94. The SMILES string of the molecule is CC(C)(C)NC(=O)C1CCN(C(=O)c2ccccc2Cl)CC1. The highest BCUT2D eigenvalue weighted by Gasteiger charge is 2.29. The Morgan fingerprint density at radius 2 is 1.77 bits per heavy atom. The first-order valence-electron chi connectivity index (χ1n) is 7.64. The van der Waals surface area contributed by atoms with Gasteiger partial charge in [-0.05, 0) is 45.7 Å². The molecule has 0 saturated carbocycles. The minimum Gasteiger partial charge on any atom is -0.351 e. The van der Waals surface area contributed by atoms with E-state index >= 15 is 0 Å². The molecule has 0 spiro atoms. The lowest BCUT2D eigenvalue weighted by molar-refractivity contribution is -0.127. The zero-order valence-electron chi connectivity index (χ0n) is 13.4. The Balaban J connectivity index is 1.94. The van der Waals surface area contributed by atoms with Crippen molar-refractivity contribution >= 4 is 23.4 Å². The van der Waals surface area contributed by atoms with Gasteiger partial charge in [0.2, 0.25) is 5.91 Å². The summed E-state index contributed by atoms with van der Waals surface area (Å²) in [5, 5.41) is 3.48. The molecular formula is C17H23ClN2O2. The third-order valence-electron chi connectivity index (χ3n) is 3.76. The molecule has 1 aliphatic heterocycles. The molecule has 2 rings (SSSR count). The molecule has 2 amide bonds. The predicted octanol–water partition coefficient (Wildman–Crippen LogP) is 3.11. The Labute approximate surface area is 136 Å². The second kappa shape index (κ2) is 6.69. The van der Waals surface area contributed by atoms with Gasteiger partial charge in [0.25, 0.3) is 5.91 Å². The van der Waals surface area contributed by atoms with Crippen LogP contribution < -0.4 is 5.32 Å². The van der Waals surface area contributed by atoms with Gasteiger partial charge >= 0.3 is 0 Å². The van der Waals surface area contributed by atoms with Gasteiger partial charge in [0, 0.05) is 24.5 Å². The molecule has 1 heterocycles. The molecule has 1 aromatic rings. The van der Waals surface area contributed by atoms with Crippen LogP contribution >= 0.6 is 11.6 Å². The molecule has 1 N–H and O–H groups in total. The van der Waals surface area contributed by atoms with Gasteiger partial charge in [-0.1, -0.05) is 23.7 Å². The molecule has 1 saturated heterocycles. The maximum Gasteiger partial charge on any atom is 0.255 e. The number of nitrogens with zero attached hydrogens (tertiary/aromatic N) is 1. The summed E-state index contributed by atoms with van der Waals surface area (Å²) in [6.07, 6.45) is 1.39. The third-order valence-corrected chi connectivity index (χ3v) is 4.09. The van der Waals surface area contributed by atoms with Crippen LogP contribution in [-0.2, 0) is 4.79 Å². The Hall–Kier alpha value is -1.55. The van der Waals surface area contributed by atoms with Crippen LogP contribution in [0, 0.1) is 5.92 Å². The number of halogens is 1. The third kappa shape index (κ3) is 4.23. The summed E-state index contributed by atoms with van der Waals surface area (Å²) in [5.74, 6) is 0.00661. The van der Waals surface area contributed by atoms with Crippen molar-refractivity contribution in [3.8, 4) is 0 Å². The highest BCUT2D eigenvalue weighted by Crippen LogP contribution is 2.23. The van der Waals surface area contributed by atoms with E-state index in [0.717, 1.165) is 0 Å². The van der Waals surface area contributed by atoms with E-state index in [-0.39, 0.29) is 23.3 Å². The molecule has 1 aliphatic rings. The van der Waals surface area contributed by atoms with Crippen LogP contribution in [0.3, 0.4) is 0 Å². The number of likely N-dealkylation sites (tertiary alicyclic amines) is 1. The van der Waals surface area contributed by atoms with Crippen molar-refractivity contribution in [2.45, 2.75) is 39.2 Å². The smallest absolute Gasteiger partial charge is 0.255 e. The fourth-order valence-electron chi connectivity index (χ4n) is 2.62. The number of carbonyl (C=O) groups is 2. The molecule has 0 aliphatic carbocycles. The first kappa shape index (κ1) is 16.8. The van der Waals surface area contributed by atoms with Gasteiger partial charge in [0.15, 0.2) is 0 Å². The fraction of sp³-hybridized carbons (Fsp3) is 0.529. The Bertz CT molecular complexity index is 558. The summed E-state index contributed by atoms with van der Waals surface area (Å²) < 4.78 is 0. The molecule has 0 radical (unpaired) electrons. The van der Waals surface area contributed by atoms with E-state index in [1.807, 2.05) is 32.9 Å². The Morgan fingerprint density at radius 3 is 2.32 bits per heavy atom. The molecule has 0 bridgehead atoms. The van der Waals surface area contributed by atoms with Crippen LogP contribution in [0.25, 0.3) is 0 Å². The number of hydrogen-bond donors (Lipinski definition) is 1. The minimum absolute atomic E-state index is 0.0190. The van der Waals surface area contributed by atoms with Crippen LogP contribution in [0.15, 0.2) is 24.3 Å². The second-order valence-corrected chi connectivity index (χ2v) is 7.19. The van der Waals surface area contributed by atoms with Crippen molar-refractivity contribution in [1.82, 2.24) is 10.2 Å². The molecule has 0 unspecified atom stereocenters. The summed E-state index contributed by atoms with van der Waals surface area (Å²) in [6, 6.07) is 7.08. The van der Waals surface area contributed by atoms with Crippen molar-refractivity contribution < 1.29 is 9.59 Å². The van der Waals surface area contributed by atoms with Crippen molar-refractivity contribution in [1.29, 1.82) is 0 Å². The van der Waals surface area contributed by atoms with Crippen molar-refractivity contribution in [2.75, 3.05) is 13.1 Å².